The molecule has 13 heavy (non-hydrogen) atoms. The van der Waals surface area contributed by atoms with Gasteiger partial charge in [-0.15, -0.1) is 11.3 Å². The van der Waals surface area contributed by atoms with Gasteiger partial charge in [-0.3, -0.25) is 4.79 Å². The van der Waals surface area contributed by atoms with E-state index in [4.69, 9.17) is 5.73 Å². The Labute approximate surface area is 81.8 Å². The average Bonchev–Trinajstić information content (AvgIpc) is 2.51. The summed E-state index contributed by atoms with van der Waals surface area (Å²) < 4.78 is 0. The molecule has 1 heterocycles. The third-order valence-corrected chi connectivity index (χ3v) is 3.79. The highest BCUT2D eigenvalue weighted by Gasteiger charge is 2.28. The molecule has 1 atom stereocenters. The maximum absolute atomic E-state index is 11.4. The number of aryl methyl sites for hydroxylation is 1. The Balaban J connectivity index is 2.61. The summed E-state index contributed by atoms with van der Waals surface area (Å²) in [5, 5.41) is 0.712. The number of carbonyl (C=O) groups is 1. The monoisotopic (exact) mass is 195 g/mol. The Morgan fingerprint density at radius 1 is 1.62 bits per heavy atom. The van der Waals surface area contributed by atoms with Gasteiger partial charge in [-0.25, -0.2) is 0 Å². The van der Waals surface area contributed by atoms with Gasteiger partial charge in [0.2, 0.25) is 0 Å². The number of ketones is 1. The second-order valence-electron chi connectivity index (χ2n) is 3.67. The molecule has 1 aromatic rings. The fourth-order valence-corrected chi connectivity index (χ4v) is 3.33. The lowest BCUT2D eigenvalue weighted by Gasteiger charge is -2.04. The van der Waals surface area contributed by atoms with Gasteiger partial charge < -0.3 is 5.73 Å². The zero-order valence-electron chi connectivity index (χ0n) is 7.89. The predicted molar refractivity (Wildman–Crippen MR) is 55.5 cm³/mol. The van der Waals surface area contributed by atoms with Crippen molar-refractivity contribution >= 4 is 22.1 Å². The Morgan fingerprint density at radius 3 is 2.92 bits per heavy atom. The molecule has 0 fully saturated rings. The third-order valence-electron chi connectivity index (χ3n) is 2.70. The molecule has 0 bridgehead atoms. The van der Waals surface area contributed by atoms with Crippen molar-refractivity contribution in [1.82, 2.24) is 0 Å². The molecule has 1 unspecified atom stereocenters. The van der Waals surface area contributed by atoms with Crippen molar-refractivity contribution in [2.45, 2.75) is 32.6 Å². The van der Waals surface area contributed by atoms with E-state index in [0.29, 0.717) is 10.9 Å². The number of nitrogen functional groups attached to an aromatic ring is 1. The minimum atomic E-state index is 0.115. The molecule has 0 spiro atoms. The van der Waals surface area contributed by atoms with Crippen LogP contribution in [0.2, 0.25) is 0 Å². The molecule has 1 aromatic heterocycles. The zero-order valence-corrected chi connectivity index (χ0v) is 8.70. The molecule has 3 heteroatoms. The van der Waals surface area contributed by atoms with E-state index >= 15 is 0 Å². The highest BCUT2D eigenvalue weighted by Crippen LogP contribution is 2.43. The normalized spacial score (nSPS) is 20.3. The van der Waals surface area contributed by atoms with Gasteiger partial charge in [-0.05, 0) is 31.2 Å². The van der Waals surface area contributed by atoms with Gasteiger partial charge in [0.25, 0.3) is 0 Å². The van der Waals surface area contributed by atoms with Crippen molar-refractivity contribution in [2.75, 3.05) is 5.73 Å². The third kappa shape index (κ3) is 1.18. The van der Waals surface area contributed by atoms with Gasteiger partial charge in [0, 0.05) is 4.88 Å². The first-order valence-electron chi connectivity index (χ1n) is 4.53. The highest BCUT2D eigenvalue weighted by atomic mass is 32.1. The van der Waals surface area contributed by atoms with Crippen LogP contribution in [-0.4, -0.2) is 5.78 Å². The Bertz CT molecular complexity index is 367. The van der Waals surface area contributed by atoms with Gasteiger partial charge in [0.15, 0.2) is 5.78 Å². The molecule has 1 aliphatic rings. The standard InChI is InChI=1S/C10H13NOS/c1-5-3-4-7-8(5)9(6(2)12)10(11)13-7/h5H,3-4,11H2,1-2H3. The maximum atomic E-state index is 11.4. The minimum absolute atomic E-state index is 0.115. The molecular formula is C10H13NOS. The van der Waals surface area contributed by atoms with E-state index < -0.39 is 0 Å². The van der Waals surface area contributed by atoms with E-state index in [0.717, 1.165) is 12.0 Å². The number of thiophene rings is 1. The van der Waals surface area contributed by atoms with Gasteiger partial charge >= 0.3 is 0 Å². The first kappa shape index (κ1) is 8.75. The number of carbonyl (C=O) groups excluding carboxylic acids is 1. The van der Waals surface area contributed by atoms with Crippen LogP contribution < -0.4 is 5.73 Å². The van der Waals surface area contributed by atoms with E-state index in [-0.39, 0.29) is 5.78 Å². The maximum Gasteiger partial charge on any atom is 0.163 e. The Kier molecular flexibility index (Phi) is 1.91. The van der Waals surface area contributed by atoms with E-state index in [9.17, 15) is 4.79 Å². The smallest absolute Gasteiger partial charge is 0.163 e. The summed E-state index contributed by atoms with van der Waals surface area (Å²) in [4.78, 5) is 12.7. The second kappa shape index (κ2) is 2.84. The summed E-state index contributed by atoms with van der Waals surface area (Å²) in [5.74, 6) is 0.631. The Morgan fingerprint density at radius 2 is 2.31 bits per heavy atom. The SMILES string of the molecule is CC(=O)c1c(N)sc2c1C(C)CC2. The van der Waals surface area contributed by atoms with Gasteiger partial charge in [-0.1, -0.05) is 6.92 Å². The predicted octanol–water partition coefficient (Wildman–Crippen LogP) is 2.58. The first-order chi connectivity index (χ1) is 6.11. The van der Waals surface area contributed by atoms with Crippen LogP contribution in [0.25, 0.3) is 0 Å². The van der Waals surface area contributed by atoms with Crippen LogP contribution in [0, 0.1) is 0 Å². The van der Waals surface area contributed by atoms with E-state index in [1.165, 1.54) is 16.9 Å². The molecule has 0 saturated heterocycles. The van der Waals surface area contributed by atoms with Crippen LogP contribution in [0.5, 0.6) is 0 Å². The summed E-state index contributed by atoms with van der Waals surface area (Å²) in [6.07, 6.45) is 2.26. The van der Waals surface area contributed by atoms with Gasteiger partial charge in [0.1, 0.15) is 0 Å². The lowest BCUT2D eigenvalue weighted by molar-refractivity contribution is 0.101. The fourth-order valence-electron chi connectivity index (χ4n) is 2.07. The van der Waals surface area contributed by atoms with Crippen molar-refractivity contribution in [3.05, 3.63) is 16.0 Å². The lowest BCUT2D eigenvalue weighted by atomic mass is 9.99. The largest absolute Gasteiger partial charge is 0.390 e. The summed E-state index contributed by atoms with van der Waals surface area (Å²) in [7, 11) is 0. The molecule has 2 rings (SSSR count). The lowest BCUT2D eigenvalue weighted by Crippen LogP contribution is -2.00. The average molecular weight is 195 g/mol. The summed E-state index contributed by atoms with van der Waals surface area (Å²) >= 11 is 1.59. The van der Waals surface area contributed by atoms with E-state index in [1.54, 1.807) is 18.3 Å². The number of Topliss-reactive ketones (excluding diaryl/α,β-unsaturated/α-hetero) is 1. The number of rotatable bonds is 1. The van der Waals surface area contributed by atoms with Crippen LogP contribution in [0.4, 0.5) is 5.00 Å². The summed E-state index contributed by atoms with van der Waals surface area (Å²) in [5.41, 5.74) is 7.84. The first-order valence-corrected chi connectivity index (χ1v) is 5.35. The van der Waals surface area contributed by atoms with Crippen molar-refractivity contribution in [3.63, 3.8) is 0 Å². The topological polar surface area (TPSA) is 43.1 Å². The van der Waals surface area contributed by atoms with Gasteiger partial charge in [-0.2, -0.15) is 0 Å². The summed E-state index contributed by atoms with van der Waals surface area (Å²) in [6.45, 7) is 3.77. The van der Waals surface area contributed by atoms with Crippen molar-refractivity contribution in [3.8, 4) is 0 Å². The van der Waals surface area contributed by atoms with Crippen LogP contribution in [0.3, 0.4) is 0 Å². The van der Waals surface area contributed by atoms with Crippen molar-refractivity contribution in [2.24, 2.45) is 0 Å². The number of nitrogens with two attached hydrogens (primary N) is 1. The second-order valence-corrected chi connectivity index (χ2v) is 4.81. The molecule has 0 aliphatic heterocycles. The van der Waals surface area contributed by atoms with Crippen molar-refractivity contribution in [1.29, 1.82) is 0 Å². The minimum Gasteiger partial charge on any atom is -0.390 e. The zero-order chi connectivity index (χ0) is 9.59. The molecule has 2 N–H and O–H groups in total. The van der Waals surface area contributed by atoms with E-state index in [2.05, 4.69) is 6.92 Å². The molecule has 0 saturated carbocycles. The molecule has 0 amide bonds. The molecule has 2 nitrogen and oxygen atoms in total. The molecular weight excluding hydrogens is 182 g/mol. The number of hydrogen-bond donors (Lipinski definition) is 1. The van der Waals surface area contributed by atoms with Crippen molar-refractivity contribution < 1.29 is 4.79 Å². The highest BCUT2D eigenvalue weighted by molar-refractivity contribution is 7.16. The van der Waals surface area contributed by atoms with Crippen LogP contribution in [-0.2, 0) is 6.42 Å². The van der Waals surface area contributed by atoms with Crippen LogP contribution in [0.15, 0.2) is 0 Å². The quantitative estimate of drug-likeness (QED) is 0.700. The Hall–Kier alpha value is -0.830. The fraction of sp³-hybridized carbons (Fsp3) is 0.500. The van der Waals surface area contributed by atoms with Gasteiger partial charge in [0.05, 0.1) is 10.6 Å². The number of hydrogen-bond acceptors (Lipinski definition) is 3. The summed E-state index contributed by atoms with van der Waals surface area (Å²) in [6, 6.07) is 0. The van der Waals surface area contributed by atoms with Crippen LogP contribution in [0.1, 0.15) is 47.0 Å². The van der Waals surface area contributed by atoms with E-state index in [1.807, 2.05) is 0 Å². The number of fused-ring (bicyclic) bond motifs is 1. The number of anilines is 1. The molecule has 0 radical (unpaired) electrons. The van der Waals surface area contributed by atoms with Crippen LogP contribution >= 0.6 is 11.3 Å². The molecule has 70 valence electrons. The molecule has 1 aliphatic carbocycles. The molecule has 0 aromatic carbocycles.